The molecule has 1 fully saturated rings. The van der Waals surface area contributed by atoms with Gasteiger partial charge in [-0.2, -0.15) is 0 Å². The molecule has 1 heterocycles. The zero-order chi connectivity index (χ0) is 30.9. The van der Waals surface area contributed by atoms with Crippen LogP contribution in [-0.2, 0) is 32.3 Å². The number of rotatable bonds is 11. The number of esters is 1. The first kappa shape index (κ1) is 31.4. The molecule has 3 atom stereocenters. The number of hydrogen-bond acceptors (Lipinski definition) is 6. The van der Waals surface area contributed by atoms with Gasteiger partial charge in [-0.25, -0.2) is 13.2 Å². The maximum absolute atomic E-state index is 13.7. The van der Waals surface area contributed by atoms with E-state index in [4.69, 9.17) is 10.1 Å². The second-order valence-corrected chi connectivity index (χ2v) is 10.4. The number of carbonyl (C=O) groups excluding carboxylic acids is 3. The molecule has 0 bridgehead atoms. The first-order valence-electron chi connectivity index (χ1n) is 13.9. The van der Waals surface area contributed by atoms with Gasteiger partial charge < -0.3 is 26.1 Å². The average Bonchev–Trinajstić information content (AvgIpc) is 3.02. The Morgan fingerprint density at radius 3 is 2.44 bits per heavy atom. The second-order valence-electron chi connectivity index (χ2n) is 10.4. The van der Waals surface area contributed by atoms with E-state index in [1.165, 1.54) is 5.56 Å². The molecule has 43 heavy (non-hydrogen) atoms. The lowest BCUT2D eigenvalue weighted by Gasteiger charge is -2.30. The number of carbonyl (C=O) groups is 3. The van der Waals surface area contributed by atoms with Crippen LogP contribution in [-0.4, -0.2) is 42.1 Å². The molecule has 2 amide bonds. The van der Waals surface area contributed by atoms with Gasteiger partial charge in [-0.05, 0) is 61.1 Å². The lowest BCUT2D eigenvalue weighted by molar-refractivity contribution is -0.143. The number of nitrogens with one attached hydrogen (secondary N) is 4. The Kier molecular flexibility index (Phi) is 10.7. The van der Waals surface area contributed by atoms with E-state index in [0.717, 1.165) is 24.1 Å². The Morgan fingerprint density at radius 2 is 1.72 bits per heavy atom. The van der Waals surface area contributed by atoms with Gasteiger partial charge in [0.15, 0.2) is 17.5 Å². The van der Waals surface area contributed by atoms with Crippen LogP contribution in [0.4, 0.5) is 13.2 Å². The van der Waals surface area contributed by atoms with Crippen LogP contribution in [0.3, 0.4) is 0 Å². The van der Waals surface area contributed by atoms with Crippen molar-refractivity contribution in [1.29, 1.82) is 5.41 Å². The monoisotopic (exact) mass is 594 g/mol. The molecule has 4 rings (SSSR count). The van der Waals surface area contributed by atoms with Crippen LogP contribution in [0.15, 0.2) is 66.7 Å². The molecule has 1 unspecified atom stereocenters. The maximum atomic E-state index is 13.7. The smallest absolute Gasteiger partial charge is 0.312 e. The summed E-state index contributed by atoms with van der Waals surface area (Å²) < 4.78 is 45.0. The molecule has 0 radical (unpaired) electrons. The van der Waals surface area contributed by atoms with E-state index in [2.05, 4.69) is 28.1 Å². The second kappa shape index (κ2) is 14.6. The normalized spacial score (nSPS) is 17.0. The van der Waals surface area contributed by atoms with Crippen LogP contribution in [0.5, 0.6) is 0 Å². The summed E-state index contributed by atoms with van der Waals surface area (Å²) in [5.41, 5.74) is 1.99. The predicted octanol–water partition coefficient (Wildman–Crippen LogP) is 4.26. The fraction of sp³-hybridized carbons (Fsp3) is 0.312. The average molecular weight is 595 g/mol. The lowest BCUT2D eigenvalue weighted by atomic mass is 9.86. The van der Waals surface area contributed by atoms with E-state index in [0.29, 0.717) is 18.5 Å². The molecule has 0 saturated carbocycles. The third kappa shape index (κ3) is 8.51. The third-order valence-corrected chi connectivity index (χ3v) is 7.34. The zero-order valence-corrected chi connectivity index (χ0v) is 23.6. The summed E-state index contributed by atoms with van der Waals surface area (Å²) in [5, 5.41) is 17.0. The molecule has 8 nitrogen and oxygen atoms in total. The van der Waals surface area contributed by atoms with Gasteiger partial charge in [-0.3, -0.25) is 14.4 Å². The molecule has 3 aromatic carbocycles. The molecule has 3 aromatic rings. The summed E-state index contributed by atoms with van der Waals surface area (Å²) in [6, 6.07) is 17.2. The Bertz CT molecular complexity index is 1470. The maximum Gasteiger partial charge on any atom is 0.312 e. The van der Waals surface area contributed by atoms with Crippen LogP contribution in [0, 0.1) is 22.9 Å². The predicted molar refractivity (Wildman–Crippen MR) is 154 cm³/mol. The van der Waals surface area contributed by atoms with Crippen LogP contribution < -0.4 is 16.0 Å². The highest BCUT2D eigenvalue weighted by molar-refractivity contribution is 6.07. The van der Waals surface area contributed by atoms with Crippen molar-refractivity contribution >= 4 is 23.5 Å². The SMILES string of the molecule is C[C@H](NC(=O)C1C[C@@H](c2ccccc2)CCN1)C(=O)NCc1ccc(C(=N)CC(=O)OCc2ccc(F)c(F)c2F)cc1. The first-order chi connectivity index (χ1) is 20.6. The molecule has 11 heteroatoms. The molecule has 1 saturated heterocycles. The highest BCUT2D eigenvalue weighted by Gasteiger charge is 2.29. The van der Waals surface area contributed by atoms with E-state index in [9.17, 15) is 27.6 Å². The van der Waals surface area contributed by atoms with Crippen LogP contribution in [0.2, 0.25) is 0 Å². The number of hydrogen-bond donors (Lipinski definition) is 4. The molecule has 0 aliphatic carbocycles. The molecule has 4 N–H and O–H groups in total. The van der Waals surface area contributed by atoms with Crippen molar-refractivity contribution in [3.63, 3.8) is 0 Å². The van der Waals surface area contributed by atoms with Gasteiger partial charge in [-0.1, -0.05) is 54.6 Å². The third-order valence-electron chi connectivity index (χ3n) is 7.34. The van der Waals surface area contributed by atoms with E-state index >= 15 is 0 Å². The van der Waals surface area contributed by atoms with Gasteiger partial charge in [0, 0.05) is 17.8 Å². The molecule has 0 spiro atoms. The molecule has 226 valence electrons. The van der Waals surface area contributed by atoms with Gasteiger partial charge in [0.25, 0.3) is 0 Å². The topological polar surface area (TPSA) is 120 Å². The number of benzene rings is 3. The molecular weight excluding hydrogens is 561 g/mol. The molecule has 1 aliphatic rings. The fourth-order valence-electron chi connectivity index (χ4n) is 4.82. The molecular formula is C32H33F3N4O4. The van der Waals surface area contributed by atoms with E-state index < -0.39 is 42.5 Å². The first-order valence-corrected chi connectivity index (χ1v) is 13.9. The largest absolute Gasteiger partial charge is 0.460 e. The quantitative estimate of drug-likeness (QED) is 0.150. The summed E-state index contributed by atoms with van der Waals surface area (Å²) in [6.07, 6.45) is 1.17. The van der Waals surface area contributed by atoms with Crippen LogP contribution in [0.25, 0.3) is 0 Å². The summed E-state index contributed by atoms with van der Waals surface area (Å²) >= 11 is 0. The molecule has 1 aliphatic heterocycles. The van der Waals surface area contributed by atoms with Crippen LogP contribution >= 0.6 is 0 Å². The Labute approximate surface area is 247 Å². The number of ether oxygens (including phenoxy) is 1. The molecule has 0 aromatic heterocycles. The lowest BCUT2D eigenvalue weighted by Crippen LogP contribution is -2.53. The van der Waals surface area contributed by atoms with Gasteiger partial charge in [0.05, 0.1) is 12.5 Å². The van der Waals surface area contributed by atoms with Gasteiger partial charge in [0.1, 0.15) is 12.6 Å². The standard InChI is InChI=1S/C32H33F3N4O4/c1-19(39-32(42)27-15-23(13-14-37-27)21-5-3-2-4-6-21)31(41)38-17-20-7-9-22(10-8-20)26(36)16-28(40)43-18-24-11-12-25(33)30(35)29(24)34/h2-12,19,23,27,36-37H,13-18H2,1H3,(H,38,41)(H,39,42)/t19-,23-,27?/m0/s1. The zero-order valence-electron chi connectivity index (χ0n) is 23.6. The van der Waals surface area contributed by atoms with Crippen molar-refractivity contribution < 1.29 is 32.3 Å². The van der Waals surface area contributed by atoms with Gasteiger partial charge in [0.2, 0.25) is 11.8 Å². The van der Waals surface area contributed by atoms with E-state index in [1.807, 2.05) is 18.2 Å². The summed E-state index contributed by atoms with van der Waals surface area (Å²) in [7, 11) is 0. The minimum Gasteiger partial charge on any atom is -0.460 e. The highest BCUT2D eigenvalue weighted by atomic mass is 19.2. The minimum atomic E-state index is -1.65. The van der Waals surface area contributed by atoms with Crippen molar-refractivity contribution in [3.8, 4) is 0 Å². The van der Waals surface area contributed by atoms with Crippen LogP contribution in [0.1, 0.15) is 54.4 Å². The number of halogens is 3. The van der Waals surface area contributed by atoms with E-state index in [-0.39, 0.29) is 41.6 Å². The fourth-order valence-corrected chi connectivity index (χ4v) is 4.82. The Hall–Kier alpha value is -4.51. The van der Waals surface area contributed by atoms with E-state index in [1.54, 1.807) is 31.2 Å². The summed E-state index contributed by atoms with van der Waals surface area (Å²) in [6.45, 7) is 1.92. The number of piperidine rings is 1. The summed E-state index contributed by atoms with van der Waals surface area (Å²) in [4.78, 5) is 37.6. The number of amides is 2. The van der Waals surface area contributed by atoms with Gasteiger partial charge in [-0.15, -0.1) is 0 Å². The summed E-state index contributed by atoms with van der Waals surface area (Å²) in [5.74, 6) is -5.55. The van der Waals surface area contributed by atoms with Crippen molar-refractivity contribution in [2.45, 2.75) is 57.3 Å². The van der Waals surface area contributed by atoms with Crippen molar-refractivity contribution in [2.75, 3.05) is 6.54 Å². The van der Waals surface area contributed by atoms with Crippen molar-refractivity contribution in [3.05, 3.63) is 106 Å². The van der Waals surface area contributed by atoms with Crippen molar-refractivity contribution in [1.82, 2.24) is 16.0 Å². The Balaban J connectivity index is 1.20. The highest BCUT2D eigenvalue weighted by Crippen LogP contribution is 2.27. The Morgan fingerprint density at radius 1 is 1.00 bits per heavy atom. The van der Waals surface area contributed by atoms with Crippen molar-refractivity contribution in [2.24, 2.45) is 0 Å². The minimum absolute atomic E-state index is 0.0616. The van der Waals surface area contributed by atoms with Gasteiger partial charge >= 0.3 is 5.97 Å².